The second kappa shape index (κ2) is 10.9. The van der Waals surface area contributed by atoms with Crippen molar-refractivity contribution in [2.75, 3.05) is 32.8 Å². The molecule has 2 fully saturated rings. The fourth-order valence-electron chi connectivity index (χ4n) is 5.74. The largest absolute Gasteiger partial charge is 0.381 e. The Labute approximate surface area is 208 Å². The van der Waals surface area contributed by atoms with Crippen LogP contribution in [0.1, 0.15) is 72.6 Å². The van der Waals surface area contributed by atoms with Gasteiger partial charge in [-0.1, -0.05) is 12.1 Å². The van der Waals surface area contributed by atoms with E-state index in [0.717, 1.165) is 82.0 Å². The summed E-state index contributed by atoms with van der Waals surface area (Å²) in [6, 6.07) is 12.6. The third-order valence-corrected chi connectivity index (χ3v) is 7.64. The lowest BCUT2D eigenvalue weighted by Crippen LogP contribution is -2.34. The van der Waals surface area contributed by atoms with E-state index in [2.05, 4.69) is 46.8 Å². The summed E-state index contributed by atoms with van der Waals surface area (Å²) < 4.78 is 7.61. The number of fused-ring (bicyclic) bond motifs is 1. The van der Waals surface area contributed by atoms with Crippen molar-refractivity contribution >= 4 is 5.65 Å². The maximum Gasteiger partial charge on any atom is 0.160 e. The standard InChI is InChI=1S/C28H36N6O/c1-20(31-17-22-9-13-35-14-10-22)27-21(2)32-34-26(8-11-30-28(27)34)25-7-4-12-33(19-25)18-24-6-3-5-23(15-24)16-29/h3,5-6,8,11,15,20,22,25,31H,4,7,9-10,12-14,17-19H2,1-2H3. The average Bonchev–Trinajstić information content (AvgIpc) is 3.24. The summed E-state index contributed by atoms with van der Waals surface area (Å²) in [6.45, 7) is 10.0. The molecular weight excluding hydrogens is 436 g/mol. The van der Waals surface area contributed by atoms with E-state index < -0.39 is 0 Å². The predicted octanol–water partition coefficient (Wildman–Crippen LogP) is 4.37. The second-order valence-electron chi connectivity index (χ2n) is 10.2. The molecule has 184 valence electrons. The topological polar surface area (TPSA) is 78.5 Å². The molecule has 4 heterocycles. The first-order valence-electron chi connectivity index (χ1n) is 13.0. The van der Waals surface area contributed by atoms with Gasteiger partial charge in [0.2, 0.25) is 0 Å². The van der Waals surface area contributed by atoms with Gasteiger partial charge in [0.25, 0.3) is 0 Å². The summed E-state index contributed by atoms with van der Waals surface area (Å²) >= 11 is 0. The van der Waals surface area contributed by atoms with Crippen LogP contribution in [0.5, 0.6) is 0 Å². The van der Waals surface area contributed by atoms with E-state index in [-0.39, 0.29) is 6.04 Å². The number of rotatable bonds is 7. The lowest BCUT2D eigenvalue weighted by atomic mass is 9.94. The fourth-order valence-corrected chi connectivity index (χ4v) is 5.74. The number of nitrogens with one attached hydrogen (secondary N) is 1. The highest BCUT2D eigenvalue weighted by Gasteiger charge is 2.26. The molecule has 35 heavy (non-hydrogen) atoms. The average molecular weight is 473 g/mol. The van der Waals surface area contributed by atoms with Crippen molar-refractivity contribution in [3.8, 4) is 6.07 Å². The molecule has 2 unspecified atom stereocenters. The van der Waals surface area contributed by atoms with Crippen LogP contribution in [0.4, 0.5) is 0 Å². The van der Waals surface area contributed by atoms with Gasteiger partial charge in [-0.2, -0.15) is 10.4 Å². The molecule has 2 aromatic heterocycles. The van der Waals surface area contributed by atoms with Crippen LogP contribution in [0, 0.1) is 24.2 Å². The second-order valence-corrected chi connectivity index (χ2v) is 10.2. The van der Waals surface area contributed by atoms with Crippen LogP contribution in [-0.2, 0) is 11.3 Å². The number of benzene rings is 1. The lowest BCUT2D eigenvalue weighted by molar-refractivity contribution is 0.0656. The summed E-state index contributed by atoms with van der Waals surface area (Å²) in [5.74, 6) is 1.09. The fraction of sp³-hybridized carbons (Fsp3) is 0.536. The zero-order chi connectivity index (χ0) is 24.2. The molecule has 2 saturated heterocycles. The number of nitrogens with zero attached hydrogens (tertiary/aromatic N) is 5. The van der Waals surface area contributed by atoms with E-state index in [0.29, 0.717) is 11.8 Å². The van der Waals surface area contributed by atoms with Crippen molar-refractivity contribution in [1.29, 1.82) is 5.26 Å². The highest BCUT2D eigenvalue weighted by molar-refractivity contribution is 5.52. The molecule has 1 N–H and O–H groups in total. The highest BCUT2D eigenvalue weighted by Crippen LogP contribution is 2.30. The molecule has 0 saturated carbocycles. The molecule has 2 aliphatic rings. The Kier molecular flexibility index (Phi) is 7.43. The summed E-state index contributed by atoms with van der Waals surface area (Å²) in [4.78, 5) is 7.28. The molecule has 0 spiro atoms. The minimum absolute atomic E-state index is 0.202. The van der Waals surface area contributed by atoms with Gasteiger partial charge in [0.15, 0.2) is 5.65 Å². The van der Waals surface area contributed by atoms with Gasteiger partial charge < -0.3 is 10.1 Å². The zero-order valence-electron chi connectivity index (χ0n) is 20.9. The van der Waals surface area contributed by atoms with E-state index in [1.807, 2.05) is 24.4 Å². The van der Waals surface area contributed by atoms with Crippen LogP contribution >= 0.6 is 0 Å². The first-order valence-corrected chi connectivity index (χ1v) is 13.0. The third-order valence-electron chi connectivity index (χ3n) is 7.64. The third kappa shape index (κ3) is 5.40. The maximum absolute atomic E-state index is 9.23. The molecule has 2 aliphatic heterocycles. The van der Waals surface area contributed by atoms with Crippen LogP contribution in [-0.4, -0.2) is 52.3 Å². The molecule has 0 aliphatic carbocycles. The minimum Gasteiger partial charge on any atom is -0.381 e. The minimum atomic E-state index is 0.202. The molecule has 1 aromatic carbocycles. The summed E-state index contributed by atoms with van der Waals surface area (Å²) in [7, 11) is 0. The summed E-state index contributed by atoms with van der Waals surface area (Å²) in [6.07, 6.45) is 6.53. The van der Waals surface area contributed by atoms with Crippen molar-refractivity contribution in [3.63, 3.8) is 0 Å². The Morgan fingerprint density at radius 2 is 2.09 bits per heavy atom. The smallest absolute Gasteiger partial charge is 0.160 e. The molecule has 0 amide bonds. The van der Waals surface area contributed by atoms with Crippen molar-refractivity contribution < 1.29 is 4.74 Å². The van der Waals surface area contributed by atoms with Gasteiger partial charge in [-0.3, -0.25) is 4.90 Å². The van der Waals surface area contributed by atoms with E-state index in [1.165, 1.54) is 16.8 Å². The molecule has 7 heteroatoms. The summed E-state index contributed by atoms with van der Waals surface area (Å²) in [5, 5.41) is 18.0. The van der Waals surface area contributed by atoms with Gasteiger partial charge in [0.05, 0.1) is 23.0 Å². The number of piperidine rings is 1. The van der Waals surface area contributed by atoms with Gasteiger partial charge >= 0.3 is 0 Å². The Balaban J connectivity index is 1.32. The Bertz CT molecular complexity index is 1190. The van der Waals surface area contributed by atoms with Gasteiger partial charge in [-0.15, -0.1) is 0 Å². The van der Waals surface area contributed by atoms with Crippen LogP contribution in [0.25, 0.3) is 5.65 Å². The van der Waals surface area contributed by atoms with E-state index >= 15 is 0 Å². The van der Waals surface area contributed by atoms with Crippen molar-refractivity contribution in [3.05, 3.63) is 64.6 Å². The van der Waals surface area contributed by atoms with Gasteiger partial charge in [-0.05, 0) is 82.3 Å². The van der Waals surface area contributed by atoms with Crippen molar-refractivity contribution in [2.24, 2.45) is 5.92 Å². The lowest BCUT2D eigenvalue weighted by Gasteiger charge is -2.33. The van der Waals surface area contributed by atoms with E-state index in [9.17, 15) is 5.26 Å². The zero-order valence-corrected chi connectivity index (χ0v) is 20.9. The Hall–Kier alpha value is -2.79. The predicted molar refractivity (Wildman–Crippen MR) is 136 cm³/mol. The van der Waals surface area contributed by atoms with E-state index in [1.54, 1.807) is 0 Å². The number of aromatic nitrogens is 3. The first-order chi connectivity index (χ1) is 17.1. The number of aryl methyl sites for hydroxylation is 1. The number of ether oxygens (including phenoxy) is 1. The number of nitriles is 1. The van der Waals surface area contributed by atoms with E-state index in [4.69, 9.17) is 14.8 Å². The molecule has 2 atom stereocenters. The van der Waals surface area contributed by atoms with Crippen LogP contribution < -0.4 is 5.32 Å². The van der Waals surface area contributed by atoms with Gasteiger partial charge in [0, 0.05) is 50.0 Å². The molecule has 7 nitrogen and oxygen atoms in total. The van der Waals surface area contributed by atoms with Crippen LogP contribution in [0.2, 0.25) is 0 Å². The first kappa shape index (κ1) is 23.9. The Morgan fingerprint density at radius 3 is 2.91 bits per heavy atom. The van der Waals surface area contributed by atoms with Gasteiger partial charge in [-0.25, -0.2) is 9.50 Å². The summed E-state index contributed by atoms with van der Waals surface area (Å²) in [5.41, 5.74) is 6.41. The van der Waals surface area contributed by atoms with Crippen LogP contribution in [0.3, 0.4) is 0 Å². The van der Waals surface area contributed by atoms with Crippen molar-refractivity contribution in [1.82, 2.24) is 24.8 Å². The molecule has 0 radical (unpaired) electrons. The maximum atomic E-state index is 9.23. The highest BCUT2D eigenvalue weighted by atomic mass is 16.5. The quantitative estimate of drug-likeness (QED) is 0.550. The van der Waals surface area contributed by atoms with Gasteiger partial charge in [0.1, 0.15) is 0 Å². The molecule has 0 bridgehead atoms. The molecule has 5 rings (SSSR count). The number of hydrogen-bond acceptors (Lipinski definition) is 6. The normalized spacial score (nSPS) is 20.7. The number of likely N-dealkylation sites (tertiary alicyclic amines) is 1. The molecule has 3 aromatic rings. The Morgan fingerprint density at radius 1 is 1.23 bits per heavy atom. The van der Waals surface area contributed by atoms with Crippen LogP contribution in [0.15, 0.2) is 36.5 Å². The monoisotopic (exact) mass is 472 g/mol. The number of hydrogen-bond donors (Lipinski definition) is 1. The molecular formula is C28H36N6O. The SMILES string of the molecule is Cc1nn2c(C3CCCN(Cc4cccc(C#N)c4)C3)ccnc2c1C(C)NCC1CCOCC1. The van der Waals surface area contributed by atoms with Crippen molar-refractivity contribution in [2.45, 2.75) is 58.0 Å².